The Morgan fingerprint density at radius 2 is 2.26 bits per heavy atom. The second-order valence-electron chi connectivity index (χ2n) is 4.43. The first kappa shape index (κ1) is 14.8. The molecule has 0 aromatic carbocycles. The van der Waals surface area contributed by atoms with Crippen molar-refractivity contribution < 1.29 is 4.79 Å². The molecule has 1 saturated heterocycles. The molecule has 0 atom stereocenters. The van der Waals surface area contributed by atoms with E-state index in [2.05, 4.69) is 21.7 Å². The van der Waals surface area contributed by atoms with Crippen LogP contribution in [0.15, 0.2) is 17.5 Å². The summed E-state index contributed by atoms with van der Waals surface area (Å²) >= 11 is 8.52. The largest absolute Gasteiger partial charge is 0.358 e. The first-order chi connectivity index (χ1) is 9.25. The molecular weight excluding hydrogens is 296 g/mol. The number of nitrogens with zero attached hydrogens (tertiary/aromatic N) is 1. The third kappa shape index (κ3) is 5.12. The molecule has 1 aromatic heterocycles. The van der Waals surface area contributed by atoms with Crippen LogP contribution in [0.1, 0.15) is 17.7 Å². The monoisotopic (exact) mass is 314 g/mol. The van der Waals surface area contributed by atoms with E-state index in [0.717, 1.165) is 23.8 Å². The molecule has 0 radical (unpaired) electrons. The van der Waals surface area contributed by atoms with Crippen LogP contribution in [0, 0.1) is 0 Å². The van der Waals surface area contributed by atoms with E-state index < -0.39 is 0 Å². The summed E-state index contributed by atoms with van der Waals surface area (Å²) in [5.74, 6) is 0.503. The average molecular weight is 315 g/mol. The Balaban J connectivity index is 1.57. The molecule has 19 heavy (non-hydrogen) atoms. The standard InChI is InChI=1S/C13H18N2OS3/c16-12(14-6-5-11-4-3-9-18-11)10-19-13(17)15-7-1-2-8-15/h3-4,9H,1-2,5-8,10H2,(H,14,16). The Kier molecular flexibility index (Phi) is 6.13. The van der Waals surface area contributed by atoms with E-state index in [-0.39, 0.29) is 5.91 Å². The zero-order valence-corrected chi connectivity index (χ0v) is 13.2. The van der Waals surface area contributed by atoms with Crippen LogP contribution >= 0.6 is 35.3 Å². The number of carbonyl (C=O) groups is 1. The number of carbonyl (C=O) groups excluding carboxylic acids is 1. The lowest BCUT2D eigenvalue weighted by Gasteiger charge is -2.17. The second kappa shape index (κ2) is 7.87. The third-order valence-electron chi connectivity index (χ3n) is 2.96. The molecule has 0 unspecified atom stereocenters. The molecule has 2 rings (SSSR count). The maximum Gasteiger partial charge on any atom is 0.230 e. The zero-order chi connectivity index (χ0) is 13.5. The topological polar surface area (TPSA) is 32.3 Å². The Labute approximate surface area is 127 Å². The van der Waals surface area contributed by atoms with Gasteiger partial charge in [-0.15, -0.1) is 11.3 Å². The van der Waals surface area contributed by atoms with Crippen molar-refractivity contribution in [1.29, 1.82) is 0 Å². The van der Waals surface area contributed by atoms with Crippen LogP contribution in [0.5, 0.6) is 0 Å². The highest BCUT2D eigenvalue weighted by molar-refractivity contribution is 8.23. The average Bonchev–Trinajstić information content (AvgIpc) is 3.08. The van der Waals surface area contributed by atoms with Gasteiger partial charge in [0.2, 0.25) is 5.91 Å². The fourth-order valence-corrected chi connectivity index (χ4v) is 3.74. The Hall–Kier alpha value is -0.590. The van der Waals surface area contributed by atoms with Crippen LogP contribution in [-0.4, -0.2) is 40.5 Å². The van der Waals surface area contributed by atoms with Crippen molar-refractivity contribution in [2.45, 2.75) is 19.3 Å². The van der Waals surface area contributed by atoms with Gasteiger partial charge in [0, 0.05) is 24.5 Å². The molecule has 1 aromatic rings. The van der Waals surface area contributed by atoms with Crippen LogP contribution in [0.4, 0.5) is 0 Å². The first-order valence-corrected chi connectivity index (χ1v) is 8.74. The van der Waals surface area contributed by atoms with Gasteiger partial charge in [-0.1, -0.05) is 30.0 Å². The van der Waals surface area contributed by atoms with Gasteiger partial charge in [0.25, 0.3) is 0 Å². The Morgan fingerprint density at radius 1 is 1.47 bits per heavy atom. The minimum Gasteiger partial charge on any atom is -0.358 e. The molecule has 1 aliphatic heterocycles. The summed E-state index contributed by atoms with van der Waals surface area (Å²) in [5.41, 5.74) is 0. The number of thioether (sulfide) groups is 1. The van der Waals surface area contributed by atoms with Crippen LogP contribution < -0.4 is 5.32 Å². The highest BCUT2D eigenvalue weighted by atomic mass is 32.2. The van der Waals surface area contributed by atoms with Crippen molar-refractivity contribution >= 4 is 45.5 Å². The van der Waals surface area contributed by atoms with Crippen LogP contribution in [-0.2, 0) is 11.2 Å². The maximum atomic E-state index is 11.7. The number of hydrogen-bond acceptors (Lipinski definition) is 4. The van der Waals surface area contributed by atoms with Gasteiger partial charge in [-0.3, -0.25) is 4.79 Å². The lowest BCUT2D eigenvalue weighted by atomic mass is 10.3. The Bertz CT molecular complexity index is 414. The van der Waals surface area contributed by atoms with Crippen LogP contribution in [0.2, 0.25) is 0 Å². The summed E-state index contributed by atoms with van der Waals surface area (Å²) < 4.78 is 0.867. The number of hydrogen-bond donors (Lipinski definition) is 1. The van der Waals surface area contributed by atoms with Crippen molar-refractivity contribution in [3.05, 3.63) is 22.4 Å². The summed E-state index contributed by atoms with van der Waals surface area (Å²) in [4.78, 5) is 15.2. The molecule has 6 heteroatoms. The van der Waals surface area contributed by atoms with Gasteiger partial charge in [-0.05, 0) is 30.7 Å². The fourth-order valence-electron chi connectivity index (χ4n) is 1.95. The molecule has 0 aliphatic carbocycles. The third-order valence-corrected chi connectivity index (χ3v) is 5.42. The number of amides is 1. The van der Waals surface area contributed by atoms with Crippen molar-refractivity contribution in [3.63, 3.8) is 0 Å². The van der Waals surface area contributed by atoms with Gasteiger partial charge in [0.15, 0.2) is 0 Å². The van der Waals surface area contributed by atoms with Crippen molar-refractivity contribution in [1.82, 2.24) is 10.2 Å². The molecule has 104 valence electrons. The molecule has 2 heterocycles. The molecule has 0 bridgehead atoms. The van der Waals surface area contributed by atoms with Crippen molar-refractivity contribution in [2.75, 3.05) is 25.4 Å². The second-order valence-corrected chi connectivity index (χ2v) is 7.07. The number of nitrogens with one attached hydrogen (secondary N) is 1. The van der Waals surface area contributed by atoms with Gasteiger partial charge >= 0.3 is 0 Å². The fraction of sp³-hybridized carbons (Fsp3) is 0.538. The van der Waals surface area contributed by atoms with Crippen LogP contribution in [0.25, 0.3) is 0 Å². The summed E-state index contributed by atoms with van der Waals surface area (Å²) in [5, 5.41) is 4.99. The predicted octanol–water partition coefficient (Wildman–Crippen LogP) is 2.52. The number of thiocarbonyl (C=S) groups is 1. The van der Waals surface area contributed by atoms with Crippen LogP contribution in [0.3, 0.4) is 0 Å². The molecule has 0 spiro atoms. The minimum absolute atomic E-state index is 0.0723. The van der Waals surface area contributed by atoms with E-state index in [0.29, 0.717) is 12.3 Å². The smallest absolute Gasteiger partial charge is 0.230 e. The van der Waals surface area contributed by atoms with E-state index in [1.807, 2.05) is 6.07 Å². The van der Waals surface area contributed by atoms with Crippen molar-refractivity contribution in [2.24, 2.45) is 0 Å². The molecule has 1 N–H and O–H groups in total. The highest BCUT2D eigenvalue weighted by Crippen LogP contribution is 2.15. The van der Waals surface area contributed by atoms with E-state index in [4.69, 9.17) is 12.2 Å². The zero-order valence-electron chi connectivity index (χ0n) is 10.8. The molecule has 3 nitrogen and oxygen atoms in total. The van der Waals surface area contributed by atoms with E-state index in [9.17, 15) is 4.79 Å². The highest BCUT2D eigenvalue weighted by Gasteiger charge is 2.15. The molecule has 1 amide bonds. The summed E-state index contributed by atoms with van der Waals surface area (Å²) in [6.45, 7) is 2.80. The van der Waals surface area contributed by atoms with E-state index in [1.54, 1.807) is 11.3 Å². The van der Waals surface area contributed by atoms with E-state index >= 15 is 0 Å². The molecular formula is C13H18N2OS3. The normalized spacial score (nSPS) is 14.6. The minimum atomic E-state index is 0.0723. The summed E-state index contributed by atoms with van der Waals surface area (Å²) in [6.07, 6.45) is 3.34. The van der Waals surface area contributed by atoms with Gasteiger partial charge in [0.05, 0.1) is 5.75 Å². The molecule has 1 aliphatic rings. The Morgan fingerprint density at radius 3 is 2.95 bits per heavy atom. The SMILES string of the molecule is O=C(CSC(=S)N1CCCC1)NCCc1cccs1. The lowest BCUT2D eigenvalue weighted by molar-refractivity contribution is -0.118. The van der Waals surface area contributed by atoms with Gasteiger partial charge in [-0.25, -0.2) is 0 Å². The van der Waals surface area contributed by atoms with Gasteiger partial charge < -0.3 is 10.2 Å². The summed E-state index contributed by atoms with van der Waals surface area (Å²) in [7, 11) is 0. The number of rotatable bonds is 5. The quantitative estimate of drug-likeness (QED) is 0.847. The molecule has 0 saturated carbocycles. The van der Waals surface area contributed by atoms with Gasteiger partial charge in [0.1, 0.15) is 4.32 Å². The number of thiophene rings is 1. The van der Waals surface area contributed by atoms with Crippen molar-refractivity contribution in [3.8, 4) is 0 Å². The maximum absolute atomic E-state index is 11.7. The summed E-state index contributed by atoms with van der Waals surface area (Å²) in [6, 6.07) is 4.13. The van der Waals surface area contributed by atoms with Gasteiger partial charge in [-0.2, -0.15) is 0 Å². The predicted molar refractivity (Wildman–Crippen MR) is 86.9 cm³/mol. The lowest BCUT2D eigenvalue weighted by Crippen LogP contribution is -2.29. The number of likely N-dealkylation sites (tertiary alicyclic amines) is 1. The molecule has 1 fully saturated rings. The van der Waals surface area contributed by atoms with E-state index in [1.165, 1.54) is 29.5 Å². The first-order valence-electron chi connectivity index (χ1n) is 6.46.